The predicted molar refractivity (Wildman–Crippen MR) is 72.4 cm³/mol. The van der Waals surface area contributed by atoms with Crippen LogP contribution in [-0.2, 0) is 11.8 Å². The van der Waals surface area contributed by atoms with E-state index in [0.29, 0.717) is 5.03 Å². The topological polar surface area (TPSA) is 82.1 Å². The number of rotatable bonds is 4. The summed E-state index contributed by atoms with van der Waals surface area (Å²) in [6.07, 6.45) is 0. The van der Waals surface area contributed by atoms with Crippen LogP contribution in [0.1, 0.15) is 11.1 Å². The summed E-state index contributed by atoms with van der Waals surface area (Å²) in [6.45, 7) is 3.87. The van der Waals surface area contributed by atoms with Gasteiger partial charge in [-0.05, 0) is 36.7 Å². The summed E-state index contributed by atoms with van der Waals surface area (Å²) in [7, 11) is 1.59. The zero-order chi connectivity index (χ0) is 14.7. The van der Waals surface area contributed by atoms with Gasteiger partial charge in [-0.3, -0.25) is 4.79 Å². The van der Waals surface area contributed by atoms with E-state index in [1.807, 2.05) is 32.0 Å². The van der Waals surface area contributed by atoms with Crippen LogP contribution in [0.15, 0.2) is 27.7 Å². The Morgan fingerprint density at radius 1 is 1.45 bits per heavy atom. The molecule has 1 aromatic carbocycles. The van der Waals surface area contributed by atoms with Crippen molar-refractivity contribution < 1.29 is 19.1 Å². The third-order valence-electron chi connectivity index (χ3n) is 2.80. The maximum absolute atomic E-state index is 11.9. The molecule has 2 rings (SSSR count). The van der Waals surface area contributed by atoms with Gasteiger partial charge in [-0.2, -0.15) is 0 Å². The number of carbonyl (C=O) groups is 1. The number of aromatic nitrogens is 2. The monoisotopic (exact) mass is 293 g/mol. The fraction of sp³-hybridized carbons (Fsp3) is 0.308. The number of nitrogens with zero attached hydrogens (tertiary/aromatic N) is 2. The molecule has 0 radical (unpaired) electrons. The number of amides is 1. The van der Waals surface area contributed by atoms with Gasteiger partial charge in [-0.15, -0.1) is 0 Å². The van der Waals surface area contributed by atoms with Gasteiger partial charge >= 0.3 is 0 Å². The SMILES string of the molecule is Cc1cccc(C)c1NC(=O)CSc1c([O-])on[n+]1C. The molecule has 1 aromatic heterocycles. The highest BCUT2D eigenvalue weighted by molar-refractivity contribution is 7.99. The molecule has 0 atom stereocenters. The molecule has 0 aliphatic carbocycles. The van der Waals surface area contributed by atoms with Crippen LogP contribution in [0.4, 0.5) is 5.69 Å². The lowest BCUT2D eigenvalue weighted by Crippen LogP contribution is -2.32. The minimum Gasteiger partial charge on any atom is -0.538 e. The van der Waals surface area contributed by atoms with Crippen LogP contribution in [0.5, 0.6) is 5.95 Å². The molecule has 0 bridgehead atoms. The summed E-state index contributed by atoms with van der Waals surface area (Å²) in [5.74, 6) is -0.580. The number of thioether (sulfide) groups is 1. The van der Waals surface area contributed by atoms with Gasteiger partial charge in [0, 0.05) is 5.69 Å². The van der Waals surface area contributed by atoms with Crippen LogP contribution in [0.25, 0.3) is 0 Å². The predicted octanol–water partition coefficient (Wildman–Crippen LogP) is 0.920. The molecule has 20 heavy (non-hydrogen) atoms. The average molecular weight is 293 g/mol. The molecule has 2 aromatic rings. The Morgan fingerprint density at radius 3 is 2.65 bits per heavy atom. The van der Waals surface area contributed by atoms with E-state index in [1.165, 1.54) is 4.68 Å². The number of para-hydroxylation sites is 1. The standard InChI is InChI=1S/C13H15N3O3S/c1-8-5-4-6-9(2)11(8)14-10(17)7-20-12-13(18)19-15-16(12)3/h4-6H,7H2,1-3H3,(H-,14,15,17,18). The van der Waals surface area contributed by atoms with Crippen molar-refractivity contribution in [1.29, 1.82) is 0 Å². The van der Waals surface area contributed by atoms with Crippen LogP contribution in [0, 0.1) is 13.8 Å². The van der Waals surface area contributed by atoms with Gasteiger partial charge in [0.05, 0.1) is 11.0 Å². The molecule has 1 heterocycles. The summed E-state index contributed by atoms with van der Waals surface area (Å²) in [4.78, 5) is 11.9. The second kappa shape index (κ2) is 5.96. The second-order valence-electron chi connectivity index (χ2n) is 4.39. The fourth-order valence-electron chi connectivity index (χ4n) is 1.78. The molecule has 0 aliphatic heterocycles. The first-order chi connectivity index (χ1) is 9.49. The van der Waals surface area contributed by atoms with Crippen LogP contribution in [0.2, 0.25) is 0 Å². The van der Waals surface area contributed by atoms with Gasteiger partial charge in [0.15, 0.2) is 13.0 Å². The van der Waals surface area contributed by atoms with Crippen molar-refractivity contribution in [3.8, 4) is 5.95 Å². The van der Waals surface area contributed by atoms with Crippen molar-refractivity contribution in [2.24, 2.45) is 7.05 Å². The highest BCUT2D eigenvalue weighted by atomic mass is 32.2. The third-order valence-corrected chi connectivity index (χ3v) is 3.91. The summed E-state index contributed by atoms with van der Waals surface area (Å²) in [6, 6.07) is 5.81. The van der Waals surface area contributed by atoms with Crippen molar-refractivity contribution in [2.45, 2.75) is 18.9 Å². The van der Waals surface area contributed by atoms with E-state index in [9.17, 15) is 9.90 Å². The van der Waals surface area contributed by atoms with E-state index in [0.717, 1.165) is 28.6 Å². The molecule has 0 aliphatic rings. The Labute approximate surface area is 120 Å². The molecule has 106 valence electrons. The van der Waals surface area contributed by atoms with Crippen LogP contribution in [-0.4, -0.2) is 16.9 Å². The van der Waals surface area contributed by atoms with Gasteiger partial charge in [0.25, 0.3) is 5.03 Å². The summed E-state index contributed by atoms with van der Waals surface area (Å²) in [5, 5.41) is 18.0. The zero-order valence-corrected chi connectivity index (χ0v) is 12.3. The van der Waals surface area contributed by atoms with Crippen molar-refractivity contribution in [3.05, 3.63) is 29.3 Å². The molecule has 1 amide bonds. The van der Waals surface area contributed by atoms with Crippen molar-refractivity contribution in [3.63, 3.8) is 0 Å². The van der Waals surface area contributed by atoms with Crippen molar-refractivity contribution in [2.75, 3.05) is 11.1 Å². The number of benzene rings is 1. The number of anilines is 1. The molecule has 6 nitrogen and oxygen atoms in total. The second-order valence-corrected chi connectivity index (χ2v) is 5.36. The molecule has 1 N–H and O–H groups in total. The van der Waals surface area contributed by atoms with E-state index >= 15 is 0 Å². The van der Waals surface area contributed by atoms with Gasteiger partial charge in [0.2, 0.25) is 5.91 Å². The zero-order valence-electron chi connectivity index (χ0n) is 11.5. The van der Waals surface area contributed by atoms with Gasteiger partial charge < -0.3 is 14.9 Å². The molecule has 0 unspecified atom stereocenters. The highest BCUT2D eigenvalue weighted by Gasteiger charge is 2.16. The average Bonchev–Trinajstić information content (AvgIpc) is 2.71. The Kier molecular flexibility index (Phi) is 4.29. The Morgan fingerprint density at radius 2 is 2.10 bits per heavy atom. The van der Waals surface area contributed by atoms with E-state index < -0.39 is 5.95 Å². The number of aryl methyl sites for hydroxylation is 3. The van der Waals surface area contributed by atoms with Crippen molar-refractivity contribution in [1.82, 2.24) is 5.27 Å². The Bertz CT molecular complexity index is 600. The summed E-state index contributed by atoms with van der Waals surface area (Å²) < 4.78 is 5.81. The summed E-state index contributed by atoms with van der Waals surface area (Å²) >= 11 is 1.10. The minimum atomic E-state index is -0.530. The third kappa shape index (κ3) is 3.11. The number of hydrogen-bond acceptors (Lipinski definition) is 5. The van der Waals surface area contributed by atoms with Gasteiger partial charge in [-0.25, -0.2) is 0 Å². The Hall–Kier alpha value is -2.02. The molecule has 0 saturated carbocycles. The van der Waals surface area contributed by atoms with Crippen molar-refractivity contribution >= 4 is 23.4 Å². The van der Waals surface area contributed by atoms with E-state index in [2.05, 4.69) is 15.1 Å². The maximum Gasteiger partial charge on any atom is 0.291 e. The lowest BCUT2D eigenvalue weighted by molar-refractivity contribution is -0.772. The fourth-order valence-corrected chi connectivity index (χ4v) is 2.50. The Balaban J connectivity index is 2.00. The minimum absolute atomic E-state index is 0.123. The molecule has 0 spiro atoms. The quantitative estimate of drug-likeness (QED) is 0.669. The summed E-state index contributed by atoms with van der Waals surface area (Å²) in [5.41, 5.74) is 2.82. The van der Waals surface area contributed by atoms with E-state index in [1.54, 1.807) is 7.05 Å². The lowest BCUT2D eigenvalue weighted by Gasteiger charge is -2.10. The molecule has 7 heteroatoms. The molecular formula is C13H15N3O3S. The number of nitrogens with one attached hydrogen (secondary N) is 1. The van der Waals surface area contributed by atoms with Gasteiger partial charge in [-0.1, -0.05) is 22.9 Å². The molecule has 0 fully saturated rings. The highest BCUT2D eigenvalue weighted by Crippen LogP contribution is 2.23. The smallest absolute Gasteiger partial charge is 0.291 e. The molecular weight excluding hydrogens is 278 g/mol. The van der Waals surface area contributed by atoms with Gasteiger partial charge in [0.1, 0.15) is 0 Å². The molecule has 0 saturated heterocycles. The maximum atomic E-state index is 11.9. The van der Waals surface area contributed by atoms with E-state index in [-0.39, 0.29) is 11.7 Å². The number of carbonyl (C=O) groups excluding carboxylic acids is 1. The largest absolute Gasteiger partial charge is 0.538 e. The first kappa shape index (κ1) is 14.4. The van der Waals surface area contributed by atoms with Crippen LogP contribution < -0.4 is 15.1 Å². The van der Waals surface area contributed by atoms with E-state index in [4.69, 9.17) is 0 Å². The first-order valence-corrected chi connectivity index (χ1v) is 6.99. The van der Waals surface area contributed by atoms with Crippen LogP contribution >= 0.6 is 11.8 Å². The first-order valence-electron chi connectivity index (χ1n) is 6.01. The number of hydrogen-bond donors (Lipinski definition) is 1. The van der Waals surface area contributed by atoms with Crippen LogP contribution in [0.3, 0.4) is 0 Å². The lowest BCUT2D eigenvalue weighted by atomic mass is 10.1. The normalized spacial score (nSPS) is 10.6.